The molecule has 0 aromatic rings. The molecular formula is C8H16N2O3. The van der Waals surface area contributed by atoms with Gasteiger partial charge in [-0.25, -0.2) is 5.01 Å². The first-order valence-corrected chi connectivity index (χ1v) is 4.05. The Bertz CT molecular complexity index is 176. The summed E-state index contributed by atoms with van der Waals surface area (Å²) in [6.07, 6.45) is 0. The van der Waals surface area contributed by atoms with Crippen LogP contribution in [0.1, 0.15) is 6.92 Å². The Labute approximate surface area is 77.6 Å². The molecule has 0 rings (SSSR count). The molecule has 1 amide bonds. The fourth-order valence-electron chi connectivity index (χ4n) is 0.704. The fraction of sp³-hybridized carbons (Fsp3) is 0.625. The number of amides is 1. The van der Waals surface area contributed by atoms with Crippen LogP contribution in [0.5, 0.6) is 0 Å². The van der Waals surface area contributed by atoms with Gasteiger partial charge in [0.2, 0.25) is 0 Å². The summed E-state index contributed by atoms with van der Waals surface area (Å²) in [5.74, 6) is -0.304. The van der Waals surface area contributed by atoms with E-state index < -0.39 is 0 Å². The normalized spacial score (nSPS) is 10.2. The second-order valence-electron chi connectivity index (χ2n) is 2.66. The molecule has 0 bridgehead atoms. The highest BCUT2D eigenvalue weighted by atomic mass is 16.3. The summed E-state index contributed by atoms with van der Waals surface area (Å²) in [6, 6.07) is 0. The van der Waals surface area contributed by atoms with Gasteiger partial charge in [-0.3, -0.25) is 10.2 Å². The predicted molar refractivity (Wildman–Crippen MR) is 48.7 cm³/mol. The van der Waals surface area contributed by atoms with E-state index in [9.17, 15) is 4.79 Å². The Hall–Kier alpha value is -0.910. The Morgan fingerprint density at radius 2 is 1.85 bits per heavy atom. The lowest BCUT2D eigenvalue weighted by atomic mass is 10.3. The van der Waals surface area contributed by atoms with Gasteiger partial charge in [-0.1, -0.05) is 6.58 Å². The van der Waals surface area contributed by atoms with Gasteiger partial charge < -0.3 is 10.2 Å². The van der Waals surface area contributed by atoms with Crippen molar-refractivity contribution in [3.63, 3.8) is 0 Å². The minimum Gasteiger partial charge on any atom is -0.395 e. The molecule has 0 saturated carbocycles. The van der Waals surface area contributed by atoms with Gasteiger partial charge in [-0.05, 0) is 6.92 Å². The van der Waals surface area contributed by atoms with Crippen LogP contribution in [0, 0.1) is 0 Å². The first kappa shape index (κ1) is 12.1. The van der Waals surface area contributed by atoms with Gasteiger partial charge in [0.15, 0.2) is 0 Å². The van der Waals surface area contributed by atoms with E-state index in [-0.39, 0.29) is 19.1 Å². The van der Waals surface area contributed by atoms with E-state index in [0.29, 0.717) is 18.7 Å². The van der Waals surface area contributed by atoms with Crippen molar-refractivity contribution >= 4 is 5.91 Å². The summed E-state index contributed by atoms with van der Waals surface area (Å²) in [5.41, 5.74) is 2.88. The highest BCUT2D eigenvalue weighted by molar-refractivity contribution is 5.91. The van der Waals surface area contributed by atoms with Gasteiger partial charge in [-0.15, -0.1) is 0 Å². The quantitative estimate of drug-likeness (QED) is 0.365. The smallest absolute Gasteiger partial charge is 0.260 e. The van der Waals surface area contributed by atoms with E-state index in [0.717, 1.165) is 0 Å². The van der Waals surface area contributed by atoms with Crippen molar-refractivity contribution in [2.45, 2.75) is 6.92 Å². The van der Waals surface area contributed by atoms with E-state index in [4.69, 9.17) is 10.2 Å². The molecule has 0 aliphatic heterocycles. The molecular weight excluding hydrogens is 172 g/mol. The maximum absolute atomic E-state index is 11.1. The summed E-state index contributed by atoms with van der Waals surface area (Å²) in [5, 5.41) is 18.7. The van der Waals surface area contributed by atoms with E-state index in [2.05, 4.69) is 12.0 Å². The highest BCUT2D eigenvalue weighted by Gasteiger charge is 2.07. The van der Waals surface area contributed by atoms with E-state index >= 15 is 0 Å². The van der Waals surface area contributed by atoms with Crippen molar-refractivity contribution in [3.8, 4) is 0 Å². The van der Waals surface area contributed by atoms with Gasteiger partial charge in [0, 0.05) is 18.7 Å². The monoisotopic (exact) mass is 188 g/mol. The molecule has 0 heterocycles. The largest absolute Gasteiger partial charge is 0.395 e. The number of nitrogens with zero attached hydrogens (tertiary/aromatic N) is 1. The van der Waals surface area contributed by atoms with Crippen LogP contribution in [0.3, 0.4) is 0 Å². The van der Waals surface area contributed by atoms with Crippen molar-refractivity contribution < 1.29 is 15.0 Å². The molecule has 0 radical (unpaired) electrons. The topological polar surface area (TPSA) is 72.8 Å². The van der Waals surface area contributed by atoms with E-state index in [1.807, 2.05) is 0 Å². The van der Waals surface area contributed by atoms with Crippen LogP contribution in [0.2, 0.25) is 0 Å². The Morgan fingerprint density at radius 1 is 1.38 bits per heavy atom. The number of carbonyl (C=O) groups is 1. The summed E-state index contributed by atoms with van der Waals surface area (Å²) in [7, 11) is 0. The molecule has 76 valence electrons. The van der Waals surface area contributed by atoms with Gasteiger partial charge in [-0.2, -0.15) is 0 Å². The molecule has 0 aromatic carbocycles. The minimum absolute atomic E-state index is 0.0729. The fourth-order valence-corrected chi connectivity index (χ4v) is 0.704. The summed E-state index contributed by atoms with van der Waals surface area (Å²) >= 11 is 0. The van der Waals surface area contributed by atoms with Crippen LogP contribution in [-0.2, 0) is 4.79 Å². The molecule has 0 aromatic heterocycles. The molecule has 0 unspecified atom stereocenters. The molecule has 3 N–H and O–H groups in total. The number of rotatable bonds is 6. The molecule has 13 heavy (non-hydrogen) atoms. The van der Waals surface area contributed by atoms with Crippen LogP contribution >= 0.6 is 0 Å². The zero-order valence-corrected chi connectivity index (χ0v) is 7.79. The number of hydrogen-bond acceptors (Lipinski definition) is 4. The van der Waals surface area contributed by atoms with Crippen molar-refractivity contribution in [3.05, 3.63) is 12.2 Å². The summed E-state index contributed by atoms with van der Waals surface area (Å²) in [6.45, 7) is 5.49. The third kappa shape index (κ3) is 5.35. The van der Waals surface area contributed by atoms with E-state index in [1.165, 1.54) is 5.01 Å². The number of aliphatic hydroxyl groups is 2. The second kappa shape index (κ2) is 6.59. The van der Waals surface area contributed by atoms with Crippen LogP contribution in [0.4, 0.5) is 0 Å². The van der Waals surface area contributed by atoms with Crippen molar-refractivity contribution in [2.24, 2.45) is 0 Å². The van der Waals surface area contributed by atoms with Gasteiger partial charge >= 0.3 is 0 Å². The molecule has 0 aliphatic carbocycles. The van der Waals surface area contributed by atoms with Crippen molar-refractivity contribution in [1.29, 1.82) is 0 Å². The molecule has 5 heteroatoms. The molecule has 0 atom stereocenters. The first-order chi connectivity index (χ1) is 6.11. The number of aliphatic hydroxyl groups excluding tert-OH is 2. The Morgan fingerprint density at radius 3 is 2.15 bits per heavy atom. The second-order valence-corrected chi connectivity index (χ2v) is 2.66. The van der Waals surface area contributed by atoms with E-state index in [1.54, 1.807) is 6.92 Å². The number of hydrazine groups is 1. The van der Waals surface area contributed by atoms with Gasteiger partial charge in [0.05, 0.1) is 13.2 Å². The average molecular weight is 188 g/mol. The van der Waals surface area contributed by atoms with Gasteiger partial charge in [0.25, 0.3) is 5.91 Å². The van der Waals surface area contributed by atoms with Crippen LogP contribution in [0.25, 0.3) is 0 Å². The standard InChI is InChI=1S/C8H16N2O3/c1-7(2)8(13)9-10(3-5-11)4-6-12/h11-12H,1,3-6H2,2H3,(H,9,13). The van der Waals surface area contributed by atoms with Crippen molar-refractivity contribution in [1.82, 2.24) is 10.4 Å². The molecule has 0 aliphatic rings. The van der Waals surface area contributed by atoms with Crippen molar-refractivity contribution in [2.75, 3.05) is 26.3 Å². The van der Waals surface area contributed by atoms with Crippen LogP contribution < -0.4 is 5.43 Å². The lowest BCUT2D eigenvalue weighted by Crippen LogP contribution is -2.45. The Kier molecular flexibility index (Phi) is 6.13. The van der Waals surface area contributed by atoms with Crippen LogP contribution in [0.15, 0.2) is 12.2 Å². The lowest BCUT2D eigenvalue weighted by Gasteiger charge is -2.20. The molecule has 5 nitrogen and oxygen atoms in total. The van der Waals surface area contributed by atoms with Crippen LogP contribution in [-0.4, -0.2) is 47.4 Å². The zero-order valence-electron chi connectivity index (χ0n) is 7.79. The first-order valence-electron chi connectivity index (χ1n) is 4.05. The highest BCUT2D eigenvalue weighted by Crippen LogP contribution is 1.88. The Balaban J connectivity index is 3.93. The third-order valence-corrected chi connectivity index (χ3v) is 1.39. The average Bonchev–Trinajstić information content (AvgIpc) is 2.05. The summed E-state index contributed by atoms with van der Waals surface area (Å²) < 4.78 is 0. The summed E-state index contributed by atoms with van der Waals surface area (Å²) in [4.78, 5) is 11.1. The number of carbonyl (C=O) groups excluding carboxylic acids is 1. The predicted octanol–water partition coefficient (Wildman–Crippen LogP) is -1.12. The SMILES string of the molecule is C=C(C)C(=O)NN(CCO)CCO. The number of hydrogen-bond donors (Lipinski definition) is 3. The maximum atomic E-state index is 11.1. The number of nitrogens with one attached hydrogen (secondary N) is 1. The maximum Gasteiger partial charge on any atom is 0.260 e. The molecule has 0 fully saturated rings. The molecule has 0 saturated heterocycles. The third-order valence-electron chi connectivity index (χ3n) is 1.39. The van der Waals surface area contributed by atoms with Gasteiger partial charge in [0.1, 0.15) is 0 Å². The lowest BCUT2D eigenvalue weighted by molar-refractivity contribution is -0.122. The minimum atomic E-state index is -0.304. The molecule has 0 spiro atoms. The zero-order chi connectivity index (χ0) is 10.3.